The fourth-order valence-corrected chi connectivity index (χ4v) is 3.18. The molecule has 0 amide bonds. The zero-order valence-corrected chi connectivity index (χ0v) is 10.6. The Morgan fingerprint density at radius 2 is 2.29 bits per heavy atom. The third-order valence-corrected chi connectivity index (χ3v) is 4.21. The van der Waals surface area contributed by atoms with Crippen molar-refractivity contribution < 1.29 is 19.4 Å². The first-order chi connectivity index (χ1) is 8.05. The van der Waals surface area contributed by atoms with Crippen LogP contribution in [-0.4, -0.2) is 34.5 Å². The highest BCUT2D eigenvalue weighted by Crippen LogP contribution is 2.45. The van der Waals surface area contributed by atoms with Crippen LogP contribution in [0.5, 0.6) is 0 Å². The van der Waals surface area contributed by atoms with Crippen molar-refractivity contribution in [2.75, 3.05) is 11.5 Å². The van der Waals surface area contributed by atoms with E-state index in [0.29, 0.717) is 6.42 Å². The quantitative estimate of drug-likeness (QED) is 0.781. The first kappa shape index (κ1) is 12.5. The summed E-state index contributed by atoms with van der Waals surface area (Å²) >= 11 is 1.72. The highest BCUT2D eigenvalue weighted by Gasteiger charge is 2.51. The van der Waals surface area contributed by atoms with Gasteiger partial charge in [0.15, 0.2) is 5.78 Å². The molecule has 1 fully saturated rings. The van der Waals surface area contributed by atoms with E-state index >= 15 is 0 Å². The van der Waals surface area contributed by atoms with Gasteiger partial charge in [-0.3, -0.25) is 9.59 Å². The number of thioether (sulfide) groups is 1. The lowest BCUT2D eigenvalue weighted by Crippen LogP contribution is -2.32. The second-order valence-electron chi connectivity index (χ2n) is 4.63. The molecule has 17 heavy (non-hydrogen) atoms. The van der Waals surface area contributed by atoms with E-state index in [-0.39, 0.29) is 36.5 Å². The van der Waals surface area contributed by atoms with E-state index in [0.717, 1.165) is 11.5 Å². The number of rotatable bonds is 3. The normalized spacial score (nSPS) is 32.8. The third-order valence-electron chi connectivity index (χ3n) is 3.19. The van der Waals surface area contributed by atoms with Gasteiger partial charge in [-0.05, 0) is 5.75 Å². The summed E-state index contributed by atoms with van der Waals surface area (Å²) in [5.74, 6) is 1.23. The van der Waals surface area contributed by atoms with Crippen molar-refractivity contribution >= 4 is 23.5 Å². The molecule has 2 unspecified atom stereocenters. The Kier molecular flexibility index (Phi) is 3.47. The molecule has 0 radical (unpaired) electrons. The molecule has 1 spiro atoms. The molecule has 1 N–H and O–H groups in total. The van der Waals surface area contributed by atoms with Gasteiger partial charge >= 0.3 is 5.97 Å². The van der Waals surface area contributed by atoms with Crippen LogP contribution in [0.15, 0.2) is 11.8 Å². The van der Waals surface area contributed by atoms with E-state index < -0.39 is 5.41 Å². The fraction of sp³-hybridized carbons (Fsp3) is 0.667. The number of ether oxygens (including phenoxy) is 1. The molecule has 0 bridgehead atoms. The molecular formula is C12H16O4S. The van der Waals surface area contributed by atoms with E-state index in [2.05, 4.69) is 6.92 Å². The van der Waals surface area contributed by atoms with Crippen LogP contribution in [0.25, 0.3) is 0 Å². The van der Waals surface area contributed by atoms with Crippen LogP contribution >= 0.6 is 11.8 Å². The minimum absolute atomic E-state index is 0.00185. The van der Waals surface area contributed by atoms with Crippen molar-refractivity contribution in [3.05, 3.63) is 11.8 Å². The lowest BCUT2D eigenvalue weighted by atomic mass is 9.74. The maximum absolute atomic E-state index is 11.9. The number of allylic oxidation sites excluding steroid dienone is 2. The molecule has 1 saturated heterocycles. The van der Waals surface area contributed by atoms with Crippen molar-refractivity contribution in [1.29, 1.82) is 0 Å². The molecule has 2 atom stereocenters. The second-order valence-corrected chi connectivity index (χ2v) is 5.95. The van der Waals surface area contributed by atoms with Crippen LogP contribution in [0.1, 0.15) is 26.2 Å². The van der Waals surface area contributed by atoms with Crippen LogP contribution in [0.4, 0.5) is 0 Å². The molecule has 5 heteroatoms. The largest absolute Gasteiger partial charge is 0.512 e. The summed E-state index contributed by atoms with van der Waals surface area (Å²) < 4.78 is 5.30. The van der Waals surface area contributed by atoms with Gasteiger partial charge in [0.1, 0.15) is 6.10 Å². The van der Waals surface area contributed by atoms with Crippen LogP contribution in [0.2, 0.25) is 0 Å². The lowest BCUT2D eigenvalue weighted by Gasteiger charge is -2.26. The first-order valence-corrected chi connectivity index (χ1v) is 6.92. The number of carbonyl (C=O) groups is 2. The average Bonchev–Trinajstić information content (AvgIpc) is 2.51. The molecule has 1 heterocycles. The van der Waals surface area contributed by atoms with Gasteiger partial charge in [0.2, 0.25) is 0 Å². The van der Waals surface area contributed by atoms with Gasteiger partial charge in [-0.15, -0.1) is 0 Å². The predicted octanol–water partition coefficient (Wildman–Crippen LogP) is 1.85. The Bertz CT molecular complexity index is 377. The Morgan fingerprint density at radius 3 is 2.94 bits per heavy atom. The number of esters is 1. The molecule has 2 aliphatic rings. The minimum atomic E-state index is -0.797. The van der Waals surface area contributed by atoms with Gasteiger partial charge in [-0.1, -0.05) is 6.92 Å². The monoisotopic (exact) mass is 256 g/mol. The molecule has 4 nitrogen and oxygen atoms in total. The van der Waals surface area contributed by atoms with Crippen LogP contribution in [-0.2, 0) is 14.3 Å². The summed E-state index contributed by atoms with van der Waals surface area (Å²) in [5.41, 5.74) is -0.797. The number of aliphatic hydroxyl groups excluding tert-OH is 1. The Balaban J connectivity index is 2.09. The number of ketones is 1. The van der Waals surface area contributed by atoms with E-state index in [4.69, 9.17) is 4.74 Å². The van der Waals surface area contributed by atoms with E-state index in [1.54, 1.807) is 11.8 Å². The topological polar surface area (TPSA) is 63.6 Å². The van der Waals surface area contributed by atoms with Crippen molar-refractivity contribution in [3.8, 4) is 0 Å². The van der Waals surface area contributed by atoms with Crippen molar-refractivity contribution in [1.82, 2.24) is 0 Å². The highest BCUT2D eigenvalue weighted by molar-refractivity contribution is 7.99. The molecule has 0 aromatic carbocycles. The first-order valence-electron chi connectivity index (χ1n) is 5.77. The summed E-state index contributed by atoms with van der Waals surface area (Å²) in [6.07, 6.45) is 2.05. The zero-order valence-electron chi connectivity index (χ0n) is 9.77. The van der Waals surface area contributed by atoms with Crippen LogP contribution in [0.3, 0.4) is 0 Å². The van der Waals surface area contributed by atoms with E-state index in [1.807, 2.05) is 0 Å². The smallest absolute Gasteiger partial charge is 0.313 e. The van der Waals surface area contributed by atoms with Gasteiger partial charge in [0.25, 0.3) is 0 Å². The third kappa shape index (κ3) is 2.49. The fourth-order valence-electron chi connectivity index (χ4n) is 2.50. The summed E-state index contributed by atoms with van der Waals surface area (Å²) in [7, 11) is 0. The maximum Gasteiger partial charge on any atom is 0.313 e. The molecule has 0 aromatic rings. The van der Waals surface area contributed by atoms with Gasteiger partial charge in [0, 0.05) is 31.1 Å². The molecule has 1 aliphatic carbocycles. The van der Waals surface area contributed by atoms with Crippen molar-refractivity contribution in [2.45, 2.75) is 32.3 Å². The van der Waals surface area contributed by atoms with Crippen molar-refractivity contribution in [3.63, 3.8) is 0 Å². The summed E-state index contributed by atoms with van der Waals surface area (Å²) in [6.45, 7) is 2.05. The van der Waals surface area contributed by atoms with Crippen LogP contribution < -0.4 is 0 Å². The summed E-state index contributed by atoms with van der Waals surface area (Å²) in [5, 5.41) is 9.51. The average molecular weight is 256 g/mol. The number of hydrogen-bond acceptors (Lipinski definition) is 5. The summed E-state index contributed by atoms with van der Waals surface area (Å²) in [4.78, 5) is 23.3. The number of cyclic esters (lactones) is 1. The predicted molar refractivity (Wildman–Crippen MR) is 64.9 cm³/mol. The summed E-state index contributed by atoms with van der Waals surface area (Å²) in [6, 6.07) is 0. The Hall–Kier alpha value is -0.970. The standard InChI is InChI=1S/C12H16O4S/c1-2-17-7-10-6-12(11(15)16-10)4-8(13)3-9(14)5-12/h3,10,13H,2,4-7H2,1H3. The minimum Gasteiger partial charge on any atom is -0.512 e. The van der Waals surface area contributed by atoms with Gasteiger partial charge in [-0.25, -0.2) is 0 Å². The van der Waals surface area contributed by atoms with E-state index in [1.165, 1.54) is 6.08 Å². The molecule has 94 valence electrons. The molecule has 1 aliphatic heterocycles. The van der Waals surface area contributed by atoms with Gasteiger partial charge in [0.05, 0.1) is 11.2 Å². The van der Waals surface area contributed by atoms with Crippen molar-refractivity contribution in [2.24, 2.45) is 5.41 Å². The number of carbonyl (C=O) groups excluding carboxylic acids is 2. The molecule has 0 saturated carbocycles. The van der Waals surface area contributed by atoms with Crippen LogP contribution in [0, 0.1) is 5.41 Å². The van der Waals surface area contributed by atoms with Gasteiger partial charge < -0.3 is 9.84 Å². The second kappa shape index (κ2) is 4.72. The van der Waals surface area contributed by atoms with E-state index in [9.17, 15) is 14.7 Å². The highest BCUT2D eigenvalue weighted by atomic mass is 32.2. The zero-order chi connectivity index (χ0) is 12.5. The Morgan fingerprint density at radius 1 is 1.53 bits per heavy atom. The Labute approximate surface area is 104 Å². The molecular weight excluding hydrogens is 240 g/mol. The number of aliphatic hydroxyl groups is 1. The molecule has 2 rings (SSSR count). The number of hydrogen-bond donors (Lipinski definition) is 1. The SMILES string of the molecule is CCSCC1CC2(CC(=O)C=C(O)C2)C(=O)O1. The lowest BCUT2D eigenvalue weighted by molar-refractivity contribution is -0.150. The van der Waals surface area contributed by atoms with Gasteiger partial charge in [-0.2, -0.15) is 11.8 Å². The maximum atomic E-state index is 11.9. The molecule has 0 aromatic heterocycles.